The first-order valence-corrected chi connectivity index (χ1v) is 6.92. The molecular formula is C14H7BrClN3O. The van der Waals surface area contributed by atoms with Gasteiger partial charge in [-0.2, -0.15) is 5.26 Å². The van der Waals surface area contributed by atoms with Crippen LogP contribution in [0, 0.1) is 11.3 Å². The zero-order valence-corrected chi connectivity index (χ0v) is 12.4. The lowest BCUT2D eigenvalue weighted by molar-refractivity contribution is 0.486. The molecule has 0 spiro atoms. The first-order valence-electron chi connectivity index (χ1n) is 5.75. The van der Waals surface area contributed by atoms with Crippen molar-refractivity contribution < 1.29 is 4.42 Å². The molecule has 0 unspecified atom stereocenters. The molecule has 0 amide bonds. The van der Waals surface area contributed by atoms with Gasteiger partial charge in [-0.25, -0.2) is 4.98 Å². The summed E-state index contributed by atoms with van der Waals surface area (Å²) < 4.78 is 5.75. The summed E-state index contributed by atoms with van der Waals surface area (Å²) >= 11 is 9.10. The van der Waals surface area contributed by atoms with E-state index in [9.17, 15) is 0 Å². The second-order valence-corrected chi connectivity index (χ2v) is 5.36. The van der Waals surface area contributed by atoms with Crippen LogP contribution in [0.25, 0.3) is 10.9 Å². The smallest absolute Gasteiger partial charge is 0.207 e. The molecule has 3 aromatic rings. The summed E-state index contributed by atoms with van der Waals surface area (Å²) in [5.74, 6) is 0.489. The standard InChI is InChI=1S/C14H7BrClN3O/c15-14-12(6-17)19-13(20-14)4-8-1-2-11-9(3-8)5-10(16)7-18-11/h1-3,5,7H,4H2. The Morgan fingerprint density at radius 3 is 2.95 bits per heavy atom. The highest BCUT2D eigenvalue weighted by atomic mass is 79.9. The van der Waals surface area contributed by atoms with Gasteiger partial charge in [-0.1, -0.05) is 17.7 Å². The minimum absolute atomic E-state index is 0.255. The molecule has 0 aliphatic carbocycles. The number of benzene rings is 1. The lowest BCUT2D eigenvalue weighted by Crippen LogP contribution is -1.89. The van der Waals surface area contributed by atoms with Crippen molar-refractivity contribution in [1.82, 2.24) is 9.97 Å². The van der Waals surface area contributed by atoms with Crippen molar-refractivity contribution in [3.05, 3.63) is 57.3 Å². The van der Waals surface area contributed by atoms with Crippen LogP contribution in [0.2, 0.25) is 5.02 Å². The fraction of sp³-hybridized carbons (Fsp3) is 0.0714. The SMILES string of the molecule is N#Cc1nc(Cc2ccc3ncc(Cl)cc3c2)oc1Br. The van der Waals surface area contributed by atoms with Gasteiger partial charge < -0.3 is 4.42 Å². The van der Waals surface area contributed by atoms with Crippen molar-refractivity contribution in [2.45, 2.75) is 6.42 Å². The van der Waals surface area contributed by atoms with E-state index in [2.05, 4.69) is 25.9 Å². The van der Waals surface area contributed by atoms with Crippen molar-refractivity contribution in [3.63, 3.8) is 0 Å². The Morgan fingerprint density at radius 1 is 1.35 bits per heavy atom. The van der Waals surface area contributed by atoms with Crippen LogP contribution in [0.5, 0.6) is 0 Å². The van der Waals surface area contributed by atoms with Crippen LogP contribution < -0.4 is 0 Å². The van der Waals surface area contributed by atoms with E-state index in [-0.39, 0.29) is 5.69 Å². The normalized spacial score (nSPS) is 10.7. The Balaban J connectivity index is 1.96. The summed E-state index contributed by atoms with van der Waals surface area (Å²) in [5.41, 5.74) is 2.15. The highest BCUT2D eigenvalue weighted by molar-refractivity contribution is 9.10. The molecule has 0 saturated carbocycles. The number of hydrogen-bond acceptors (Lipinski definition) is 4. The van der Waals surface area contributed by atoms with E-state index >= 15 is 0 Å². The van der Waals surface area contributed by atoms with Crippen LogP contribution in [0.4, 0.5) is 0 Å². The fourth-order valence-electron chi connectivity index (χ4n) is 1.93. The second-order valence-electron chi connectivity index (χ2n) is 4.20. The molecule has 98 valence electrons. The highest BCUT2D eigenvalue weighted by Crippen LogP contribution is 2.22. The molecule has 4 nitrogen and oxygen atoms in total. The maximum Gasteiger partial charge on any atom is 0.207 e. The summed E-state index contributed by atoms with van der Waals surface area (Å²) in [6.45, 7) is 0. The monoisotopic (exact) mass is 347 g/mol. The molecule has 2 heterocycles. The molecule has 0 atom stereocenters. The Kier molecular flexibility index (Phi) is 3.43. The van der Waals surface area contributed by atoms with Crippen LogP contribution in [0.3, 0.4) is 0 Å². The maximum atomic E-state index is 8.84. The molecule has 0 aliphatic rings. The first-order chi connectivity index (χ1) is 9.65. The summed E-state index contributed by atoms with van der Waals surface area (Å²) in [5, 5.41) is 10.4. The molecule has 20 heavy (non-hydrogen) atoms. The van der Waals surface area contributed by atoms with E-state index in [0.29, 0.717) is 22.0 Å². The van der Waals surface area contributed by atoms with Crippen LogP contribution in [-0.2, 0) is 6.42 Å². The van der Waals surface area contributed by atoms with Crippen LogP contribution in [-0.4, -0.2) is 9.97 Å². The van der Waals surface area contributed by atoms with Crippen LogP contribution in [0.15, 0.2) is 39.5 Å². The zero-order valence-electron chi connectivity index (χ0n) is 10.1. The van der Waals surface area contributed by atoms with E-state index in [0.717, 1.165) is 16.5 Å². The molecule has 1 aromatic carbocycles. The molecule has 0 aliphatic heterocycles. The molecule has 0 bridgehead atoms. The molecule has 3 rings (SSSR count). The minimum Gasteiger partial charge on any atom is -0.432 e. The minimum atomic E-state index is 0.255. The quantitative estimate of drug-likeness (QED) is 0.699. The average Bonchev–Trinajstić information content (AvgIpc) is 2.78. The second kappa shape index (κ2) is 5.23. The van der Waals surface area contributed by atoms with E-state index < -0.39 is 0 Å². The van der Waals surface area contributed by atoms with Crippen molar-refractivity contribution in [2.24, 2.45) is 0 Å². The lowest BCUT2D eigenvalue weighted by atomic mass is 10.1. The van der Waals surface area contributed by atoms with Gasteiger partial charge >= 0.3 is 0 Å². The topological polar surface area (TPSA) is 62.7 Å². The van der Waals surface area contributed by atoms with Gasteiger partial charge in [0.25, 0.3) is 0 Å². The van der Waals surface area contributed by atoms with E-state index in [1.54, 1.807) is 6.20 Å². The van der Waals surface area contributed by atoms with Crippen LogP contribution >= 0.6 is 27.5 Å². The molecular weight excluding hydrogens is 342 g/mol. The number of aromatic nitrogens is 2. The van der Waals surface area contributed by atoms with Gasteiger partial charge in [-0.05, 0) is 39.7 Å². The van der Waals surface area contributed by atoms with Gasteiger partial charge in [0.05, 0.1) is 10.5 Å². The number of nitriles is 1. The highest BCUT2D eigenvalue weighted by Gasteiger charge is 2.11. The Bertz CT molecular complexity index is 838. The molecule has 6 heteroatoms. The number of fused-ring (bicyclic) bond motifs is 1. The van der Waals surface area contributed by atoms with Gasteiger partial charge in [0.15, 0.2) is 5.69 Å². The Labute approximate surface area is 128 Å². The van der Waals surface area contributed by atoms with Crippen molar-refractivity contribution in [2.75, 3.05) is 0 Å². The molecule has 0 radical (unpaired) electrons. The third kappa shape index (κ3) is 2.53. The van der Waals surface area contributed by atoms with Crippen LogP contribution in [0.1, 0.15) is 17.1 Å². The van der Waals surface area contributed by atoms with E-state index in [1.807, 2.05) is 30.3 Å². The number of rotatable bonds is 2. The Morgan fingerprint density at radius 2 is 2.20 bits per heavy atom. The zero-order chi connectivity index (χ0) is 14.1. The average molecular weight is 349 g/mol. The van der Waals surface area contributed by atoms with Gasteiger partial charge in [0.2, 0.25) is 10.6 Å². The fourth-order valence-corrected chi connectivity index (χ4v) is 2.46. The molecule has 0 saturated heterocycles. The molecule has 2 aromatic heterocycles. The number of halogens is 2. The Hall–Kier alpha value is -1.90. The summed E-state index contributed by atoms with van der Waals surface area (Å²) in [6, 6.07) is 9.68. The van der Waals surface area contributed by atoms with Gasteiger partial charge in [0, 0.05) is 18.0 Å². The number of oxazole rings is 1. The van der Waals surface area contributed by atoms with E-state index in [4.69, 9.17) is 21.3 Å². The third-order valence-corrected chi connectivity index (χ3v) is 3.55. The predicted octanol–water partition coefficient (Wildman–Crippen LogP) is 4.10. The van der Waals surface area contributed by atoms with Crippen molar-refractivity contribution in [1.29, 1.82) is 5.26 Å². The summed E-state index contributed by atoms with van der Waals surface area (Å²) in [6.07, 6.45) is 2.12. The number of nitrogens with zero attached hydrogens (tertiary/aromatic N) is 3. The van der Waals surface area contributed by atoms with E-state index in [1.165, 1.54) is 0 Å². The van der Waals surface area contributed by atoms with Gasteiger partial charge in [-0.3, -0.25) is 4.98 Å². The van der Waals surface area contributed by atoms with Crippen molar-refractivity contribution >= 4 is 38.4 Å². The van der Waals surface area contributed by atoms with Gasteiger partial charge in [0.1, 0.15) is 6.07 Å². The third-order valence-electron chi connectivity index (χ3n) is 2.80. The molecule has 0 N–H and O–H groups in total. The summed E-state index contributed by atoms with van der Waals surface area (Å²) in [4.78, 5) is 8.34. The first kappa shape index (κ1) is 13.1. The van der Waals surface area contributed by atoms with Crippen molar-refractivity contribution in [3.8, 4) is 6.07 Å². The number of hydrogen-bond donors (Lipinski definition) is 0. The summed E-state index contributed by atoms with van der Waals surface area (Å²) in [7, 11) is 0. The maximum absolute atomic E-state index is 8.84. The predicted molar refractivity (Wildman–Crippen MR) is 78.5 cm³/mol. The molecule has 0 fully saturated rings. The number of pyridine rings is 1. The van der Waals surface area contributed by atoms with Gasteiger partial charge in [-0.15, -0.1) is 0 Å². The lowest BCUT2D eigenvalue weighted by Gasteiger charge is -2.01. The largest absolute Gasteiger partial charge is 0.432 e.